The van der Waals surface area contributed by atoms with Crippen molar-refractivity contribution >= 4 is 13.7 Å². The first kappa shape index (κ1) is 47.5. The zero-order valence-electron chi connectivity index (χ0n) is 31.4. The van der Waals surface area contributed by atoms with Crippen molar-refractivity contribution in [2.75, 3.05) is 19.8 Å². The van der Waals surface area contributed by atoms with E-state index < -0.39 is 32.0 Å². The second-order valence-corrected chi connectivity index (χ2v) is 15.5. The molecule has 6 N–H and O–H groups in total. The van der Waals surface area contributed by atoms with E-state index in [0.29, 0.717) is 12.8 Å². The topological polar surface area (TPSA) is 151 Å². The molecule has 0 spiro atoms. The molecule has 4 unspecified atom stereocenters. The van der Waals surface area contributed by atoms with E-state index in [9.17, 15) is 24.5 Å². The van der Waals surface area contributed by atoms with Crippen LogP contribution in [0.2, 0.25) is 0 Å². The number of nitrogens with one attached hydrogen (secondary N) is 1. The van der Waals surface area contributed by atoms with Crippen LogP contribution in [-0.2, 0) is 18.4 Å². The van der Waals surface area contributed by atoms with Crippen molar-refractivity contribution in [1.82, 2.24) is 5.32 Å². The largest absolute Gasteiger partial charge is 0.472 e. The smallest absolute Gasteiger partial charge is 0.393 e. The fraction of sp³-hybridized carbons (Fsp3) is 0.974. The van der Waals surface area contributed by atoms with Crippen molar-refractivity contribution in [1.29, 1.82) is 0 Å². The van der Waals surface area contributed by atoms with Gasteiger partial charge in [0.1, 0.15) is 0 Å². The van der Waals surface area contributed by atoms with Crippen LogP contribution in [0.5, 0.6) is 0 Å². The molecule has 0 rings (SSSR count). The molecule has 0 aromatic rings. The first-order valence-corrected chi connectivity index (χ1v) is 21.7. The van der Waals surface area contributed by atoms with Gasteiger partial charge < -0.3 is 26.2 Å². The molecule has 0 heterocycles. The van der Waals surface area contributed by atoms with Gasteiger partial charge in [0.2, 0.25) is 5.91 Å². The zero-order chi connectivity index (χ0) is 35.6. The average Bonchev–Trinajstić information content (AvgIpc) is 3.06. The summed E-state index contributed by atoms with van der Waals surface area (Å²) >= 11 is 0. The Labute approximate surface area is 295 Å². The molecule has 0 aliphatic carbocycles. The standard InChI is InChI=1S/C38H79N2O7P/c1-3-5-7-9-11-13-14-15-16-17-18-19-20-22-23-25-27-29-35(41)33-38(43)40-36(34-47-48(44,45)46-32-31-39)37(42)30-28-26-24-21-12-10-8-6-4-2/h35-37,41-42H,3-34,39H2,1-2H3,(H,40,43)(H,44,45). The van der Waals surface area contributed by atoms with E-state index in [1.807, 2.05) is 0 Å². The summed E-state index contributed by atoms with van der Waals surface area (Å²) in [5, 5.41) is 24.0. The lowest BCUT2D eigenvalue weighted by Crippen LogP contribution is -2.47. The second-order valence-electron chi connectivity index (χ2n) is 14.0. The van der Waals surface area contributed by atoms with Gasteiger partial charge in [0.25, 0.3) is 0 Å². The Kier molecular flexibility index (Phi) is 34.5. The molecule has 288 valence electrons. The van der Waals surface area contributed by atoms with Gasteiger partial charge in [0, 0.05) is 6.54 Å². The quantitative estimate of drug-likeness (QED) is 0.0315. The number of unbranched alkanes of at least 4 members (excludes halogenated alkanes) is 24. The maximum Gasteiger partial charge on any atom is 0.472 e. The average molecular weight is 707 g/mol. The number of phosphoric ester groups is 1. The molecule has 0 aliphatic rings. The van der Waals surface area contributed by atoms with Crippen molar-refractivity contribution in [3.05, 3.63) is 0 Å². The molecule has 0 fully saturated rings. The summed E-state index contributed by atoms with van der Waals surface area (Å²) < 4.78 is 22.0. The first-order valence-electron chi connectivity index (χ1n) is 20.2. The molecule has 0 radical (unpaired) electrons. The summed E-state index contributed by atoms with van der Waals surface area (Å²) in [5.74, 6) is -0.412. The van der Waals surface area contributed by atoms with E-state index in [2.05, 4.69) is 19.2 Å². The molecule has 9 nitrogen and oxygen atoms in total. The molecule has 1 amide bonds. The SMILES string of the molecule is CCCCCCCCCCCCCCCCCCCC(O)CC(=O)NC(COP(=O)(O)OCCN)C(O)CCCCCCCCCCC. The highest BCUT2D eigenvalue weighted by molar-refractivity contribution is 7.47. The van der Waals surface area contributed by atoms with Gasteiger partial charge >= 0.3 is 7.82 Å². The minimum atomic E-state index is -4.36. The molecule has 10 heteroatoms. The lowest BCUT2D eigenvalue weighted by Gasteiger charge is -2.25. The lowest BCUT2D eigenvalue weighted by molar-refractivity contribution is -0.125. The molecule has 0 aromatic heterocycles. The van der Waals surface area contributed by atoms with E-state index in [4.69, 9.17) is 14.8 Å². The van der Waals surface area contributed by atoms with Gasteiger partial charge in [-0.1, -0.05) is 181 Å². The molecule has 0 bridgehead atoms. The fourth-order valence-electron chi connectivity index (χ4n) is 6.18. The summed E-state index contributed by atoms with van der Waals surface area (Å²) in [7, 11) is -4.36. The second kappa shape index (κ2) is 34.9. The first-order chi connectivity index (χ1) is 23.3. The highest BCUT2D eigenvalue weighted by Gasteiger charge is 2.28. The Balaban J connectivity index is 4.19. The predicted octanol–water partition coefficient (Wildman–Crippen LogP) is 9.64. The number of hydrogen-bond donors (Lipinski definition) is 5. The number of carbonyl (C=O) groups excluding carboxylic acids is 1. The third-order valence-electron chi connectivity index (χ3n) is 9.27. The van der Waals surface area contributed by atoms with E-state index in [1.54, 1.807) is 0 Å². The van der Waals surface area contributed by atoms with Gasteiger partial charge in [-0.15, -0.1) is 0 Å². The van der Waals surface area contributed by atoms with Crippen LogP contribution in [-0.4, -0.2) is 59.0 Å². The maximum atomic E-state index is 12.8. The minimum absolute atomic E-state index is 0.0621. The van der Waals surface area contributed by atoms with Crippen LogP contribution < -0.4 is 11.1 Å². The van der Waals surface area contributed by atoms with E-state index in [1.165, 1.54) is 128 Å². The monoisotopic (exact) mass is 707 g/mol. The molecule has 0 aromatic carbocycles. The molecule has 0 aliphatic heterocycles. The van der Waals surface area contributed by atoms with E-state index >= 15 is 0 Å². The summed E-state index contributed by atoms with van der Waals surface area (Å²) in [5.41, 5.74) is 5.35. The fourth-order valence-corrected chi connectivity index (χ4v) is 6.94. The van der Waals surface area contributed by atoms with Gasteiger partial charge in [0.05, 0.1) is 37.9 Å². The highest BCUT2D eigenvalue weighted by atomic mass is 31.2. The normalized spacial score (nSPS) is 14.9. The Morgan fingerprint density at radius 2 is 1.00 bits per heavy atom. The van der Waals surface area contributed by atoms with Crippen LogP contribution in [0.1, 0.15) is 200 Å². The number of amides is 1. The number of nitrogens with two attached hydrogens (primary N) is 1. The molecule has 4 atom stereocenters. The molecular weight excluding hydrogens is 627 g/mol. The van der Waals surface area contributed by atoms with Crippen LogP contribution in [0.15, 0.2) is 0 Å². The highest BCUT2D eigenvalue weighted by Crippen LogP contribution is 2.43. The van der Waals surface area contributed by atoms with E-state index in [0.717, 1.165) is 38.5 Å². The van der Waals surface area contributed by atoms with Crippen molar-refractivity contribution in [3.8, 4) is 0 Å². The predicted molar refractivity (Wildman–Crippen MR) is 200 cm³/mol. The van der Waals surface area contributed by atoms with Crippen LogP contribution in [0.25, 0.3) is 0 Å². The Hall–Kier alpha value is -0.540. The van der Waals surface area contributed by atoms with Crippen molar-refractivity contribution in [2.24, 2.45) is 5.73 Å². The van der Waals surface area contributed by atoms with Crippen LogP contribution in [0, 0.1) is 0 Å². The van der Waals surface area contributed by atoms with Gasteiger partial charge in [-0.3, -0.25) is 13.8 Å². The number of rotatable bonds is 38. The molecule has 0 saturated heterocycles. The molecular formula is C38H79N2O7P. The number of phosphoric acid groups is 1. The third-order valence-corrected chi connectivity index (χ3v) is 10.2. The van der Waals surface area contributed by atoms with Crippen LogP contribution in [0.4, 0.5) is 0 Å². The van der Waals surface area contributed by atoms with Crippen molar-refractivity contribution < 1.29 is 33.5 Å². The maximum absolute atomic E-state index is 12.8. The summed E-state index contributed by atoms with van der Waals surface area (Å²) in [4.78, 5) is 22.7. The van der Waals surface area contributed by atoms with Crippen LogP contribution >= 0.6 is 7.82 Å². The van der Waals surface area contributed by atoms with Crippen molar-refractivity contribution in [3.63, 3.8) is 0 Å². The number of hydrogen-bond acceptors (Lipinski definition) is 7. The van der Waals surface area contributed by atoms with Gasteiger partial charge in [-0.25, -0.2) is 4.57 Å². The summed E-state index contributed by atoms with van der Waals surface area (Å²) in [6.07, 6.45) is 31.5. The Morgan fingerprint density at radius 1 is 0.625 bits per heavy atom. The van der Waals surface area contributed by atoms with Crippen LogP contribution in [0.3, 0.4) is 0 Å². The van der Waals surface area contributed by atoms with Gasteiger partial charge in [-0.2, -0.15) is 0 Å². The zero-order valence-corrected chi connectivity index (χ0v) is 32.3. The summed E-state index contributed by atoms with van der Waals surface area (Å²) in [6.45, 7) is 4.02. The summed E-state index contributed by atoms with van der Waals surface area (Å²) in [6, 6.07) is -0.888. The van der Waals surface area contributed by atoms with Gasteiger partial charge in [0.15, 0.2) is 0 Å². The minimum Gasteiger partial charge on any atom is -0.393 e. The van der Waals surface area contributed by atoms with Gasteiger partial charge in [-0.05, 0) is 12.8 Å². The molecule has 0 saturated carbocycles. The number of carbonyl (C=O) groups is 1. The number of aliphatic hydroxyl groups excluding tert-OH is 2. The third kappa shape index (κ3) is 32.7. The van der Waals surface area contributed by atoms with Crippen molar-refractivity contribution in [2.45, 2.75) is 218 Å². The molecule has 48 heavy (non-hydrogen) atoms. The lowest BCUT2D eigenvalue weighted by atomic mass is 10.0. The Bertz CT molecular complexity index is 746. The Morgan fingerprint density at radius 3 is 1.40 bits per heavy atom. The van der Waals surface area contributed by atoms with E-state index in [-0.39, 0.29) is 26.2 Å². The number of aliphatic hydroxyl groups is 2.